The van der Waals surface area contributed by atoms with Gasteiger partial charge in [-0.1, -0.05) is 71.8 Å². The van der Waals surface area contributed by atoms with Crippen LogP contribution in [-0.4, -0.2) is 4.57 Å². The van der Waals surface area contributed by atoms with Crippen LogP contribution in [0.4, 0.5) is 0 Å². The summed E-state index contributed by atoms with van der Waals surface area (Å²) >= 11 is 1.71. The van der Waals surface area contributed by atoms with Crippen molar-refractivity contribution in [3.8, 4) is 22.9 Å². The Bertz CT molecular complexity index is 2600. The molecule has 0 aliphatic carbocycles. The van der Waals surface area contributed by atoms with Crippen LogP contribution >= 0.6 is 11.3 Å². The molecule has 0 amide bonds. The van der Waals surface area contributed by atoms with E-state index in [0.717, 1.165) is 54.2 Å². The van der Waals surface area contributed by atoms with Crippen molar-refractivity contribution in [1.29, 1.82) is 5.26 Å². The molecular weight excluding hydrogens is 545 g/mol. The lowest BCUT2D eigenvalue weighted by molar-refractivity contribution is 0.669. The molecule has 4 heteroatoms. The summed E-state index contributed by atoms with van der Waals surface area (Å²) in [5.41, 5.74) is 10.7. The number of nitrogens with zero attached hydrogens (tertiary/aromatic N) is 2. The van der Waals surface area contributed by atoms with Gasteiger partial charge in [-0.05, 0) is 73.5 Å². The number of hydrogen-bond acceptors (Lipinski definition) is 3. The molecule has 0 atom stereocenters. The third kappa shape index (κ3) is 3.34. The van der Waals surface area contributed by atoms with Crippen molar-refractivity contribution in [1.82, 2.24) is 4.57 Å². The van der Waals surface area contributed by atoms with E-state index in [0.29, 0.717) is 5.56 Å². The molecule has 0 spiro atoms. The largest absolute Gasteiger partial charge is 0.456 e. The van der Waals surface area contributed by atoms with Crippen LogP contribution in [0, 0.1) is 25.2 Å². The molecule has 202 valence electrons. The van der Waals surface area contributed by atoms with Crippen molar-refractivity contribution < 1.29 is 4.42 Å². The summed E-state index contributed by atoms with van der Waals surface area (Å²) in [7, 11) is 0. The number of aryl methyl sites for hydroxylation is 2. The number of furan rings is 1. The minimum atomic E-state index is 0.698. The lowest BCUT2D eigenvalue weighted by atomic mass is 9.94. The molecular formula is C39H24N2OS. The van der Waals surface area contributed by atoms with E-state index in [1.807, 2.05) is 24.3 Å². The Hall–Kier alpha value is -5.37. The van der Waals surface area contributed by atoms with Gasteiger partial charge in [0.15, 0.2) is 0 Å². The van der Waals surface area contributed by atoms with Gasteiger partial charge in [0.25, 0.3) is 0 Å². The molecule has 3 heterocycles. The number of thiophene rings is 1. The standard InChI is InChI=1S/C39H24N2OS/c1-22-13-17-31-29(19-22)30-20-23(2)14-18-32(30)41(31)33-10-5-9-28-37-26(16-15-24(21-40)38(37)43-39(28)33)25-8-6-12-35-36(25)27-7-3-4-11-34(27)42-35/h3-20H,1-2H3. The molecule has 9 aromatic rings. The monoisotopic (exact) mass is 568 g/mol. The zero-order valence-corrected chi connectivity index (χ0v) is 24.4. The maximum absolute atomic E-state index is 10.2. The second-order valence-electron chi connectivity index (χ2n) is 11.4. The highest BCUT2D eigenvalue weighted by molar-refractivity contribution is 7.26. The van der Waals surface area contributed by atoms with Gasteiger partial charge in [0.2, 0.25) is 0 Å². The second kappa shape index (κ2) is 8.82. The van der Waals surface area contributed by atoms with Gasteiger partial charge in [0.1, 0.15) is 17.2 Å². The number of aromatic nitrogens is 1. The molecule has 43 heavy (non-hydrogen) atoms. The SMILES string of the molecule is Cc1ccc2c(c1)c1cc(C)ccc1n2-c1cccc2c1sc1c(C#N)ccc(-c3cccc4oc5ccccc5c34)c12. The number of benzene rings is 6. The maximum Gasteiger partial charge on any atom is 0.136 e. The molecule has 3 nitrogen and oxygen atoms in total. The van der Waals surface area contributed by atoms with Gasteiger partial charge in [-0.2, -0.15) is 5.26 Å². The molecule has 0 aliphatic heterocycles. The molecule has 3 aromatic heterocycles. The summed E-state index contributed by atoms with van der Waals surface area (Å²) < 4.78 is 10.8. The number of nitriles is 1. The van der Waals surface area contributed by atoms with Gasteiger partial charge < -0.3 is 8.98 Å². The number of para-hydroxylation sites is 1. The second-order valence-corrected chi connectivity index (χ2v) is 12.4. The van der Waals surface area contributed by atoms with E-state index in [1.165, 1.54) is 37.6 Å². The first-order chi connectivity index (χ1) is 21.1. The van der Waals surface area contributed by atoms with E-state index in [2.05, 4.69) is 109 Å². The lowest BCUT2D eigenvalue weighted by Crippen LogP contribution is -1.94. The fourth-order valence-corrected chi connectivity index (χ4v) is 8.18. The van der Waals surface area contributed by atoms with Crippen LogP contribution in [0.2, 0.25) is 0 Å². The molecule has 0 saturated heterocycles. The van der Waals surface area contributed by atoms with E-state index >= 15 is 0 Å². The summed E-state index contributed by atoms with van der Waals surface area (Å²) in [6.45, 7) is 4.31. The Balaban J connectivity index is 1.42. The van der Waals surface area contributed by atoms with Crippen LogP contribution in [0.1, 0.15) is 16.7 Å². The minimum absolute atomic E-state index is 0.698. The summed E-state index contributed by atoms with van der Waals surface area (Å²) in [5, 5.41) is 17.2. The molecule has 0 N–H and O–H groups in total. The average molecular weight is 569 g/mol. The summed E-state index contributed by atoms with van der Waals surface area (Å²) in [6, 6.07) is 41.1. The smallest absolute Gasteiger partial charge is 0.136 e. The molecule has 0 radical (unpaired) electrons. The van der Waals surface area contributed by atoms with Crippen molar-refractivity contribution in [2.75, 3.05) is 0 Å². The predicted octanol–water partition coefficient (Wildman–Crippen LogP) is 11.2. The maximum atomic E-state index is 10.2. The van der Waals surface area contributed by atoms with Crippen LogP contribution in [-0.2, 0) is 0 Å². The van der Waals surface area contributed by atoms with E-state index in [1.54, 1.807) is 11.3 Å². The average Bonchev–Trinajstić information content (AvgIpc) is 3.70. The van der Waals surface area contributed by atoms with Gasteiger partial charge in [-0.25, -0.2) is 0 Å². The Labute approximate surface area is 251 Å². The van der Waals surface area contributed by atoms with E-state index in [9.17, 15) is 5.26 Å². The van der Waals surface area contributed by atoms with Gasteiger partial charge in [-0.15, -0.1) is 11.3 Å². The highest BCUT2D eigenvalue weighted by Crippen LogP contribution is 2.47. The molecule has 0 aliphatic rings. The first kappa shape index (κ1) is 24.2. The normalized spacial score (nSPS) is 11.9. The van der Waals surface area contributed by atoms with Crippen molar-refractivity contribution in [2.24, 2.45) is 0 Å². The fraction of sp³-hybridized carbons (Fsp3) is 0.0513. The highest BCUT2D eigenvalue weighted by atomic mass is 32.1. The highest BCUT2D eigenvalue weighted by Gasteiger charge is 2.21. The Morgan fingerprint density at radius 1 is 0.605 bits per heavy atom. The van der Waals surface area contributed by atoms with Crippen LogP contribution in [0.5, 0.6) is 0 Å². The third-order valence-corrected chi connectivity index (χ3v) is 10.0. The first-order valence-corrected chi connectivity index (χ1v) is 15.2. The zero-order valence-electron chi connectivity index (χ0n) is 23.6. The summed E-state index contributed by atoms with van der Waals surface area (Å²) in [5.74, 6) is 0. The number of rotatable bonds is 2. The predicted molar refractivity (Wildman–Crippen MR) is 181 cm³/mol. The zero-order chi connectivity index (χ0) is 28.8. The number of hydrogen-bond donors (Lipinski definition) is 0. The molecule has 6 aromatic carbocycles. The van der Waals surface area contributed by atoms with Crippen LogP contribution in [0.3, 0.4) is 0 Å². The molecule has 9 rings (SSSR count). The summed E-state index contributed by atoms with van der Waals surface area (Å²) in [4.78, 5) is 0. The fourth-order valence-electron chi connectivity index (χ4n) is 6.89. The minimum Gasteiger partial charge on any atom is -0.456 e. The Morgan fingerprint density at radius 3 is 2.05 bits per heavy atom. The van der Waals surface area contributed by atoms with Gasteiger partial charge in [0.05, 0.1) is 31.7 Å². The van der Waals surface area contributed by atoms with Crippen molar-refractivity contribution in [2.45, 2.75) is 13.8 Å². The Morgan fingerprint density at radius 2 is 1.28 bits per heavy atom. The van der Waals surface area contributed by atoms with Crippen LogP contribution in [0.15, 0.2) is 114 Å². The lowest BCUT2D eigenvalue weighted by Gasteiger charge is -2.10. The van der Waals surface area contributed by atoms with Gasteiger partial charge in [0, 0.05) is 32.3 Å². The number of fused-ring (bicyclic) bond motifs is 9. The first-order valence-electron chi connectivity index (χ1n) is 14.4. The van der Waals surface area contributed by atoms with Crippen molar-refractivity contribution >= 4 is 75.3 Å². The summed E-state index contributed by atoms with van der Waals surface area (Å²) in [6.07, 6.45) is 0. The van der Waals surface area contributed by atoms with Crippen LogP contribution < -0.4 is 0 Å². The molecule has 0 bridgehead atoms. The van der Waals surface area contributed by atoms with E-state index in [-0.39, 0.29) is 0 Å². The topological polar surface area (TPSA) is 41.9 Å². The molecule has 0 saturated carbocycles. The van der Waals surface area contributed by atoms with Gasteiger partial charge >= 0.3 is 0 Å². The van der Waals surface area contributed by atoms with Gasteiger partial charge in [-0.3, -0.25) is 0 Å². The third-order valence-electron chi connectivity index (χ3n) is 8.76. The molecule has 0 unspecified atom stereocenters. The van der Waals surface area contributed by atoms with E-state index < -0.39 is 0 Å². The Kier molecular flexibility index (Phi) is 4.97. The molecule has 0 fully saturated rings. The van der Waals surface area contributed by atoms with Crippen molar-refractivity contribution in [3.63, 3.8) is 0 Å². The van der Waals surface area contributed by atoms with E-state index in [4.69, 9.17) is 4.42 Å². The van der Waals surface area contributed by atoms with Crippen LogP contribution in [0.25, 0.3) is 80.7 Å². The van der Waals surface area contributed by atoms with Crippen molar-refractivity contribution in [3.05, 3.63) is 126 Å². The quantitative estimate of drug-likeness (QED) is 0.208.